The number of carbonyl (C=O) groups excluding carboxylic acids is 1. The number of nitrogen functional groups attached to an aromatic ring is 1. The van der Waals surface area contributed by atoms with Gasteiger partial charge >= 0.3 is 0 Å². The summed E-state index contributed by atoms with van der Waals surface area (Å²) in [5.41, 5.74) is 7.02. The third-order valence-electron chi connectivity index (χ3n) is 3.68. The molecule has 1 aliphatic rings. The van der Waals surface area contributed by atoms with Crippen LogP contribution in [0.15, 0.2) is 18.5 Å². The van der Waals surface area contributed by atoms with E-state index < -0.39 is 0 Å². The summed E-state index contributed by atoms with van der Waals surface area (Å²) in [6.07, 6.45) is 6.37. The van der Waals surface area contributed by atoms with Crippen LogP contribution >= 0.6 is 0 Å². The maximum absolute atomic E-state index is 12.2. The minimum absolute atomic E-state index is 0.0744. The molecule has 0 aliphatic heterocycles. The Balaban J connectivity index is 2.10. The fourth-order valence-electron chi connectivity index (χ4n) is 2.55. The van der Waals surface area contributed by atoms with Crippen LogP contribution in [0, 0.1) is 11.3 Å². The van der Waals surface area contributed by atoms with Crippen molar-refractivity contribution in [3.63, 3.8) is 0 Å². The van der Waals surface area contributed by atoms with E-state index in [1.54, 1.807) is 18.5 Å². The average molecular weight is 233 g/mol. The predicted molar refractivity (Wildman–Crippen MR) is 68.4 cm³/mol. The molecule has 1 heterocycles. The van der Waals surface area contributed by atoms with Crippen molar-refractivity contribution < 1.29 is 4.79 Å². The van der Waals surface area contributed by atoms with Gasteiger partial charge in [0.05, 0.1) is 17.6 Å². The number of hydrogen-bond acceptors (Lipinski definition) is 3. The molecule has 3 N–H and O–H groups in total. The number of carbonyl (C=O) groups is 1. The van der Waals surface area contributed by atoms with E-state index in [1.165, 1.54) is 0 Å². The van der Waals surface area contributed by atoms with E-state index in [-0.39, 0.29) is 17.2 Å². The van der Waals surface area contributed by atoms with E-state index in [9.17, 15) is 4.79 Å². The van der Waals surface area contributed by atoms with Crippen LogP contribution < -0.4 is 11.1 Å². The van der Waals surface area contributed by atoms with Gasteiger partial charge in [0.25, 0.3) is 0 Å². The molecule has 4 nitrogen and oxygen atoms in total. The zero-order valence-corrected chi connectivity index (χ0v) is 10.4. The highest BCUT2D eigenvalue weighted by atomic mass is 16.1. The molecule has 1 amide bonds. The molecule has 1 atom stereocenters. The molecule has 1 fully saturated rings. The quantitative estimate of drug-likeness (QED) is 0.824. The van der Waals surface area contributed by atoms with Gasteiger partial charge in [0.15, 0.2) is 0 Å². The molecule has 0 aromatic carbocycles. The molecule has 0 radical (unpaired) electrons. The summed E-state index contributed by atoms with van der Waals surface area (Å²) >= 11 is 0. The predicted octanol–water partition coefficient (Wildman–Crippen LogP) is 2.43. The maximum Gasteiger partial charge on any atom is 0.228 e. The first kappa shape index (κ1) is 11.9. The van der Waals surface area contributed by atoms with Crippen molar-refractivity contribution >= 4 is 17.3 Å². The Bertz CT molecular complexity index is 428. The summed E-state index contributed by atoms with van der Waals surface area (Å²) in [7, 11) is 0. The van der Waals surface area contributed by atoms with Crippen LogP contribution in [0.1, 0.15) is 33.1 Å². The van der Waals surface area contributed by atoms with Gasteiger partial charge in [-0.3, -0.25) is 9.78 Å². The molecule has 0 bridgehead atoms. The van der Waals surface area contributed by atoms with Crippen LogP contribution in [0.25, 0.3) is 0 Å². The molecular formula is C13H19N3O. The van der Waals surface area contributed by atoms with Crippen LogP contribution in [-0.4, -0.2) is 10.9 Å². The third-order valence-corrected chi connectivity index (χ3v) is 3.68. The summed E-state index contributed by atoms with van der Waals surface area (Å²) in [6.45, 7) is 4.31. The van der Waals surface area contributed by atoms with Gasteiger partial charge in [-0.1, -0.05) is 20.3 Å². The van der Waals surface area contributed by atoms with Gasteiger partial charge in [0, 0.05) is 12.1 Å². The van der Waals surface area contributed by atoms with Crippen molar-refractivity contribution in [2.75, 3.05) is 11.1 Å². The fraction of sp³-hybridized carbons (Fsp3) is 0.538. The van der Waals surface area contributed by atoms with E-state index in [0.29, 0.717) is 11.4 Å². The lowest BCUT2D eigenvalue weighted by molar-refractivity contribution is -0.122. The summed E-state index contributed by atoms with van der Waals surface area (Å²) < 4.78 is 0. The molecule has 92 valence electrons. The first-order valence-corrected chi connectivity index (χ1v) is 6.01. The van der Waals surface area contributed by atoms with E-state index in [4.69, 9.17) is 5.73 Å². The minimum atomic E-state index is 0.0744. The molecule has 1 aliphatic carbocycles. The molecule has 1 aromatic heterocycles. The first-order chi connectivity index (χ1) is 8.00. The van der Waals surface area contributed by atoms with Crippen molar-refractivity contribution in [3.05, 3.63) is 18.5 Å². The van der Waals surface area contributed by atoms with Crippen molar-refractivity contribution in [1.29, 1.82) is 0 Å². The Hall–Kier alpha value is -1.58. The third kappa shape index (κ3) is 2.40. The topological polar surface area (TPSA) is 68.0 Å². The average Bonchev–Trinajstić information content (AvgIpc) is 2.61. The van der Waals surface area contributed by atoms with E-state index in [2.05, 4.69) is 24.1 Å². The van der Waals surface area contributed by atoms with Crippen LogP contribution in [0.3, 0.4) is 0 Å². The molecule has 2 rings (SSSR count). The second kappa shape index (κ2) is 4.35. The number of rotatable bonds is 2. The smallest absolute Gasteiger partial charge is 0.228 e. The van der Waals surface area contributed by atoms with Gasteiger partial charge in [0.1, 0.15) is 0 Å². The molecule has 0 spiro atoms. The number of anilines is 2. The summed E-state index contributed by atoms with van der Waals surface area (Å²) in [4.78, 5) is 16.1. The standard InChI is InChI=1S/C13H19N3O/c1-13(2)6-3-4-9(13)12(17)16-11-5-7-15-8-10(11)14/h5,7-9H,3-4,6,14H2,1-2H3,(H,15,16,17). The summed E-state index contributed by atoms with van der Waals surface area (Å²) in [5.74, 6) is 0.153. The van der Waals surface area contributed by atoms with Gasteiger partial charge in [-0.25, -0.2) is 0 Å². The molecular weight excluding hydrogens is 214 g/mol. The number of amides is 1. The number of hydrogen-bond donors (Lipinski definition) is 2. The highest BCUT2D eigenvalue weighted by Gasteiger charge is 2.39. The Kier molecular flexibility index (Phi) is 3.05. The van der Waals surface area contributed by atoms with Crippen molar-refractivity contribution in [3.8, 4) is 0 Å². The highest BCUT2D eigenvalue weighted by molar-refractivity contribution is 5.95. The summed E-state index contributed by atoms with van der Waals surface area (Å²) in [5, 5.41) is 2.90. The molecule has 1 unspecified atom stereocenters. The first-order valence-electron chi connectivity index (χ1n) is 6.01. The Morgan fingerprint density at radius 3 is 2.94 bits per heavy atom. The second-order valence-corrected chi connectivity index (χ2v) is 5.39. The van der Waals surface area contributed by atoms with Gasteiger partial charge < -0.3 is 11.1 Å². The molecule has 1 aromatic rings. The largest absolute Gasteiger partial charge is 0.396 e. The zero-order chi connectivity index (χ0) is 12.5. The molecule has 1 saturated carbocycles. The van der Waals surface area contributed by atoms with Gasteiger partial charge in [0.2, 0.25) is 5.91 Å². The number of pyridine rings is 1. The van der Waals surface area contributed by atoms with Gasteiger partial charge in [-0.2, -0.15) is 0 Å². The zero-order valence-electron chi connectivity index (χ0n) is 10.4. The van der Waals surface area contributed by atoms with Crippen LogP contribution in [-0.2, 0) is 4.79 Å². The normalized spacial score (nSPS) is 22.4. The SMILES string of the molecule is CC1(C)CCCC1C(=O)Nc1ccncc1N. The number of nitrogens with two attached hydrogens (primary N) is 1. The van der Waals surface area contributed by atoms with Crippen LogP contribution in [0.4, 0.5) is 11.4 Å². The van der Waals surface area contributed by atoms with Crippen LogP contribution in [0.5, 0.6) is 0 Å². The maximum atomic E-state index is 12.2. The lowest BCUT2D eigenvalue weighted by Crippen LogP contribution is -2.31. The number of nitrogens with one attached hydrogen (secondary N) is 1. The Labute approximate surface area is 102 Å². The van der Waals surface area contributed by atoms with E-state index in [1.807, 2.05) is 0 Å². The lowest BCUT2D eigenvalue weighted by Gasteiger charge is -2.26. The van der Waals surface area contributed by atoms with Gasteiger partial charge in [-0.15, -0.1) is 0 Å². The van der Waals surface area contributed by atoms with Crippen molar-refractivity contribution in [1.82, 2.24) is 4.98 Å². The lowest BCUT2D eigenvalue weighted by atomic mass is 9.81. The van der Waals surface area contributed by atoms with E-state index in [0.717, 1.165) is 19.3 Å². The molecule has 4 heteroatoms. The number of nitrogens with zero attached hydrogens (tertiary/aromatic N) is 1. The second-order valence-electron chi connectivity index (χ2n) is 5.39. The monoisotopic (exact) mass is 233 g/mol. The Morgan fingerprint density at radius 2 is 2.35 bits per heavy atom. The molecule has 17 heavy (non-hydrogen) atoms. The number of aromatic nitrogens is 1. The van der Waals surface area contributed by atoms with Crippen LogP contribution in [0.2, 0.25) is 0 Å². The summed E-state index contributed by atoms with van der Waals surface area (Å²) in [6, 6.07) is 1.73. The Morgan fingerprint density at radius 1 is 1.59 bits per heavy atom. The van der Waals surface area contributed by atoms with Gasteiger partial charge in [-0.05, 0) is 24.3 Å². The van der Waals surface area contributed by atoms with Crippen molar-refractivity contribution in [2.24, 2.45) is 11.3 Å². The molecule has 0 saturated heterocycles. The highest BCUT2D eigenvalue weighted by Crippen LogP contribution is 2.43. The minimum Gasteiger partial charge on any atom is -0.396 e. The van der Waals surface area contributed by atoms with E-state index >= 15 is 0 Å². The van der Waals surface area contributed by atoms with Crippen molar-refractivity contribution in [2.45, 2.75) is 33.1 Å². The fourth-order valence-corrected chi connectivity index (χ4v) is 2.55.